The van der Waals surface area contributed by atoms with Gasteiger partial charge < -0.3 is 19.9 Å². The maximum atomic E-state index is 13.7. The molecule has 1 saturated heterocycles. The van der Waals surface area contributed by atoms with Crippen molar-refractivity contribution in [1.29, 1.82) is 0 Å². The van der Waals surface area contributed by atoms with E-state index in [0.29, 0.717) is 26.2 Å². The molecule has 0 radical (unpaired) electrons. The summed E-state index contributed by atoms with van der Waals surface area (Å²) in [7, 11) is 0. The van der Waals surface area contributed by atoms with E-state index in [2.05, 4.69) is 10.1 Å². The molecule has 0 bridgehead atoms. The SMILES string of the molecule is O=C(Nc1ccc(OC(F)F)c(F)c1)N1CCN(c2ccc(F)cc2)CC1. The Labute approximate surface area is 153 Å². The second-order valence-electron chi connectivity index (χ2n) is 5.90. The van der Waals surface area contributed by atoms with Gasteiger partial charge in [0.2, 0.25) is 0 Å². The second kappa shape index (κ2) is 8.15. The van der Waals surface area contributed by atoms with Crippen molar-refractivity contribution in [1.82, 2.24) is 4.90 Å². The van der Waals surface area contributed by atoms with Crippen LogP contribution in [0, 0.1) is 11.6 Å². The van der Waals surface area contributed by atoms with Crippen LogP contribution in [0.25, 0.3) is 0 Å². The average molecular weight is 383 g/mol. The average Bonchev–Trinajstić information content (AvgIpc) is 2.64. The molecule has 5 nitrogen and oxygen atoms in total. The highest BCUT2D eigenvalue weighted by atomic mass is 19.3. The number of nitrogens with one attached hydrogen (secondary N) is 1. The third-order valence-electron chi connectivity index (χ3n) is 4.16. The molecule has 9 heteroatoms. The summed E-state index contributed by atoms with van der Waals surface area (Å²) < 4.78 is 55.0. The molecule has 1 fully saturated rings. The molecule has 0 aromatic heterocycles. The van der Waals surface area contributed by atoms with Crippen molar-refractivity contribution in [3.63, 3.8) is 0 Å². The highest BCUT2D eigenvalue weighted by Gasteiger charge is 2.22. The summed E-state index contributed by atoms with van der Waals surface area (Å²) in [5.41, 5.74) is 1.01. The number of anilines is 2. The van der Waals surface area contributed by atoms with Gasteiger partial charge in [0.1, 0.15) is 5.82 Å². The van der Waals surface area contributed by atoms with E-state index in [1.54, 1.807) is 17.0 Å². The number of benzene rings is 2. The van der Waals surface area contributed by atoms with E-state index in [1.807, 2.05) is 4.90 Å². The Balaban J connectivity index is 1.55. The van der Waals surface area contributed by atoms with Crippen LogP contribution in [0.1, 0.15) is 0 Å². The number of ether oxygens (including phenoxy) is 1. The summed E-state index contributed by atoms with van der Waals surface area (Å²) in [5.74, 6) is -1.89. The Hall–Kier alpha value is -2.97. The number of nitrogens with zero attached hydrogens (tertiary/aromatic N) is 2. The largest absolute Gasteiger partial charge is 0.432 e. The van der Waals surface area contributed by atoms with E-state index in [-0.39, 0.29) is 11.5 Å². The van der Waals surface area contributed by atoms with Gasteiger partial charge in [0.05, 0.1) is 0 Å². The van der Waals surface area contributed by atoms with E-state index in [1.165, 1.54) is 18.2 Å². The van der Waals surface area contributed by atoms with Crippen molar-refractivity contribution in [2.75, 3.05) is 36.4 Å². The van der Waals surface area contributed by atoms with Crippen molar-refractivity contribution in [3.05, 3.63) is 54.1 Å². The molecule has 2 aromatic rings. The second-order valence-corrected chi connectivity index (χ2v) is 5.90. The summed E-state index contributed by atoms with van der Waals surface area (Å²) in [4.78, 5) is 15.9. The fraction of sp³-hybridized carbons (Fsp3) is 0.278. The first-order valence-corrected chi connectivity index (χ1v) is 8.23. The van der Waals surface area contributed by atoms with Crippen molar-refractivity contribution in [2.45, 2.75) is 6.61 Å². The van der Waals surface area contributed by atoms with Crippen LogP contribution in [-0.2, 0) is 0 Å². The number of alkyl halides is 2. The smallest absolute Gasteiger partial charge is 0.387 e. The number of carbonyl (C=O) groups excluding carboxylic acids is 1. The molecule has 0 atom stereocenters. The minimum atomic E-state index is -3.13. The zero-order chi connectivity index (χ0) is 19.4. The molecule has 1 aliphatic heterocycles. The minimum Gasteiger partial charge on any atom is -0.432 e. The maximum Gasteiger partial charge on any atom is 0.387 e. The Morgan fingerprint density at radius 3 is 2.26 bits per heavy atom. The third kappa shape index (κ3) is 4.81. The molecule has 1 heterocycles. The van der Waals surface area contributed by atoms with Gasteiger partial charge in [-0.2, -0.15) is 8.78 Å². The predicted octanol–water partition coefficient (Wildman–Crippen LogP) is 3.92. The summed E-state index contributed by atoms with van der Waals surface area (Å²) in [5, 5.41) is 2.53. The van der Waals surface area contributed by atoms with Crippen LogP contribution in [0.3, 0.4) is 0 Å². The van der Waals surface area contributed by atoms with Crippen molar-refractivity contribution in [3.8, 4) is 5.75 Å². The van der Waals surface area contributed by atoms with E-state index in [4.69, 9.17) is 0 Å². The van der Waals surface area contributed by atoms with E-state index in [9.17, 15) is 22.4 Å². The molecular weight excluding hydrogens is 366 g/mol. The van der Waals surface area contributed by atoms with Gasteiger partial charge in [0, 0.05) is 43.6 Å². The lowest BCUT2D eigenvalue weighted by Gasteiger charge is -2.36. The quantitative estimate of drug-likeness (QED) is 0.814. The normalized spacial score (nSPS) is 14.4. The Morgan fingerprint density at radius 1 is 1.00 bits per heavy atom. The standard InChI is InChI=1S/C18H17F4N3O2/c19-12-1-4-14(5-2-12)24-7-9-25(10-8-24)18(26)23-13-3-6-16(15(20)11-13)27-17(21)22/h1-6,11,17H,7-10H2,(H,23,26). The molecule has 3 rings (SSSR count). The summed E-state index contributed by atoms with van der Waals surface area (Å²) in [6.07, 6.45) is 0. The summed E-state index contributed by atoms with van der Waals surface area (Å²) in [6, 6.07) is 8.93. The van der Waals surface area contributed by atoms with Crippen molar-refractivity contribution < 1.29 is 27.1 Å². The molecule has 1 aliphatic rings. The summed E-state index contributed by atoms with van der Waals surface area (Å²) >= 11 is 0. The first-order chi connectivity index (χ1) is 12.9. The molecule has 27 heavy (non-hydrogen) atoms. The van der Waals surface area contributed by atoms with E-state index in [0.717, 1.165) is 17.8 Å². The highest BCUT2D eigenvalue weighted by molar-refractivity contribution is 5.89. The van der Waals surface area contributed by atoms with Crippen LogP contribution in [0.15, 0.2) is 42.5 Å². The molecule has 0 spiro atoms. The van der Waals surface area contributed by atoms with Gasteiger partial charge in [-0.3, -0.25) is 0 Å². The fourth-order valence-corrected chi connectivity index (χ4v) is 2.79. The zero-order valence-corrected chi connectivity index (χ0v) is 14.2. The number of piperazine rings is 1. The van der Waals surface area contributed by atoms with Crippen LogP contribution in [-0.4, -0.2) is 43.7 Å². The van der Waals surface area contributed by atoms with Gasteiger partial charge in [-0.15, -0.1) is 0 Å². The Bertz CT molecular complexity index is 794. The molecule has 144 valence electrons. The van der Waals surface area contributed by atoms with Gasteiger partial charge in [-0.1, -0.05) is 0 Å². The molecule has 0 unspecified atom stereocenters. The van der Waals surface area contributed by atoms with Gasteiger partial charge in [0.15, 0.2) is 11.6 Å². The first kappa shape index (κ1) is 18.8. The van der Waals surface area contributed by atoms with Crippen LogP contribution < -0.4 is 15.0 Å². The molecule has 0 saturated carbocycles. The maximum absolute atomic E-state index is 13.7. The van der Waals surface area contributed by atoms with Gasteiger partial charge in [-0.05, 0) is 36.4 Å². The number of halogens is 4. The summed E-state index contributed by atoms with van der Waals surface area (Å²) in [6.45, 7) is -1.14. The number of rotatable bonds is 4. The van der Waals surface area contributed by atoms with Crippen LogP contribution in [0.5, 0.6) is 5.75 Å². The Kier molecular flexibility index (Phi) is 5.68. The lowest BCUT2D eigenvalue weighted by Crippen LogP contribution is -2.50. The predicted molar refractivity (Wildman–Crippen MR) is 92.2 cm³/mol. The van der Waals surface area contributed by atoms with Crippen LogP contribution in [0.4, 0.5) is 33.7 Å². The third-order valence-corrected chi connectivity index (χ3v) is 4.16. The van der Waals surface area contributed by atoms with Gasteiger partial charge in [0.25, 0.3) is 0 Å². The van der Waals surface area contributed by atoms with Crippen molar-refractivity contribution in [2.24, 2.45) is 0 Å². The minimum absolute atomic E-state index is 0.139. The number of amides is 2. The number of hydrogen-bond donors (Lipinski definition) is 1. The van der Waals surface area contributed by atoms with E-state index >= 15 is 0 Å². The molecule has 1 N–H and O–H groups in total. The number of urea groups is 1. The lowest BCUT2D eigenvalue weighted by molar-refractivity contribution is -0.0521. The molecule has 0 aliphatic carbocycles. The van der Waals surface area contributed by atoms with Crippen molar-refractivity contribution >= 4 is 17.4 Å². The number of hydrogen-bond acceptors (Lipinski definition) is 3. The van der Waals surface area contributed by atoms with Gasteiger partial charge >= 0.3 is 12.6 Å². The lowest BCUT2D eigenvalue weighted by atomic mass is 10.2. The fourth-order valence-electron chi connectivity index (χ4n) is 2.79. The molecule has 2 amide bonds. The molecular formula is C18H17F4N3O2. The zero-order valence-electron chi connectivity index (χ0n) is 14.2. The van der Waals surface area contributed by atoms with E-state index < -0.39 is 24.2 Å². The first-order valence-electron chi connectivity index (χ1n) is 8.23. The topological polar surface area (TPSA) is 44.8 Å². The van der Waals surface area contributed by atoms with Crippen LogP contribution in [0.2, 0.25) is 0 Å². The molecule has 2 aromatic carbocycles. The highest BCUT2D eigenvalue weighted by Crippen LogP contribution is 2.23. The Morgan fingerprint density at radius 2 is 1.67 bits per heavy atom. The monoisotopic (exact) mass is 383 g/mol. The van der Waals surface area contributed by atoms with Crippen LogP contribution >= 0.6 is 0 Å². The number of carbonyl (C=O) groups is 1. The van der Waals surface area contributed by atoms with Gasteiger partial charge in [-0.25, -0.2) is 13.6 Å².